The molecule has 1 unspecified atom stereocenters. The van der Waals surface area contributed by atoms with Crippen LogP contribution in [0.4, 0.5) is 13.2 Å². The van der Waals surface area contributed by atoms with Crippen LogP contribution in [0.25, 0.3) is 0 Å². The summed E-state index contributed by atoms with van der Waals surface area (Å²) in [5, 5.41) is 12.6. The van der Waals surface area contributed by atoms with Crippen LogP contribution in [0.1, 0.15) is 51.9 Å². The summed E-state index contributed by atoms with van der Waals surface area (Å²) in [4.78, 5) is 0. The highest BCUT2D eigenvalue weighted by atomic mass is 19.4. The van der Waals surface area contributed by atoms with Gasteiger partial charge in [0.05, 0.1) is 6.61 Å². The van der Waals surface area contributed by atoms with E-state index in [0.717, 1.165) is 12.8 Å². The Morgan fingerprint density at radius 3 is 2.24 bits per heavy atom. The Labute approximate surface area is 101 Å². The summed E-state index contributed by atoms with van der Waals surface area (Å²) in [6, 6.07) is 0.359. The highest BCUT2D eigenvalue weighted by Crippen LogP contribution is 2.26. The fourth-order valence-corrected chi connectivity index (χ4v) is 2.44. The first kappa shape index (κ1) is 14.8. The van der Waals surface area contributed by atoms with Crippen LogP contribution in [0.3, 0.4) is 0 Å². The number of rotatable bonds is 6. The zero-order chi connectivity index (χ0) is 12.9. The van der Waals surface area contributed by atoms with Gasteiger partial charge in [-0.3, -0.25) is 0 Å². The summed E-state index contributed by atoms with van der Waals surface area (Å²) in [6.45, 7) is 1.70. The van der Waals surface area contributed by atoms with Gasteiger partial charge in [0.25, 0.3) is 0 Å². The second-order valence-electron chi connectivity index (χ2n) is 5.31. The van der Waals surface area contributed by atoms with Crippen molar-refractivity contribution >= 4 is 0 Å². The molecule has 2 nitrogen and oxygen atoms in total. The van der Waals surface area contributed by atoms with Gasteiger partial charge in [0.15, 0.2) is 0 Å². The fourth-order valence-electron chi connectivity index (χ4n) is 2.44. The van der Waals surface area contributed by atoms with Gasteiger partial charge < -0.3 is 10.4 Å². The molecule has 5 heteroatoms. The lowest BCUT2D eigenvalue weighted by Crippen LogP contribution is -2.50. The molecule has 0 radical (unpaired) electrons. The van der Waals surface area contributed by atoms with E-state index in [1.165, 1.54) is 12.8 Å². The molecule has 0 heterocycles. The minimum atomic E-state index is -4.09. The molecule has 0 aromatic heterocycles. The van der Waals surface area contributed by atoms with Gasteiger partial charge in [-0.25, -0.2) is 0 Å². The molecular weight excluding hydrogens is 231 g/mol. The highest BCUT2D eigenvalue weighted by Gasteiger charge is 2.31. The lowest BCUT2D eigenvalue weighted by molar-refractivity contribution is -0.136. The number of hydrogen-bond donors (Lipinski definition) is 2. The van der Waals surface area contributed by atoms with Gasteiger partial charge in [-0.1, -0.05) is 12.8 Å². The Morgan fingerprint density at radius 2 is 1.76 bits per heavy atom. The third kappa shape index (κ3) is 5.73. The van der Waals surface area contributed by atoms with Crippen LogP contribution in [0.15, 0.2) is 0 Å². The number of hydrogen-bond acceptors (Lipinski definition) is 2. The van der Waals surface area contributed by atoms with Gasteiger partial charge in [-0.05, 0) is 32.6 Å². The Kier molecular flexibility index (Phi) is 5.25. The van der Waals surface area contributed by atoms with Crippen LogP contribution in [0.2, 0.25) is 0 Å². The van der Waals surface area contributed by atoms with E-state index in [2.05, 4.69) is 5.32 Å². The molecule has 2 N–H and O–H groups in total. The minimum Gasteiger partial charge on any atom is -0.394 e. The van der Waals surface area contributed by atoms with E-state index in [-0.39, 0.29) is 13.0 Å². The summed E-state index contributed by atoms with van der Waals surface area (Å²) in [5.74, 6) is 0. The predicted molar refractivity (Wildman–Crippen MR) is 60.8 cm³/mol. The van der Waals surface area contributed by atoms with Gasteiger partial charge in [-0.2, -0.15) is 13.2 Å². The van der Waals surface area contributed by atoms with E-state index in [1.807, 2.05) is 6.92 Å². The Hall–Kier alpha value is -0.290. The molecule has 1 aliphatic carbocycles. The molecule has 0 spiro atoms. The molecule has 1 fully saturated rings. The second-order valence-corrected chi connectivity index (χ2v) is 5.31. The Bertz CT molecular complexity index is 226. The SMILES string of the molecule is CC(CO)(CCCC(F)(F)F)NC1CCCC1. The minimum absolute atomic E-state index is 0.0697. The van der Waals surface area contributed by atoms with Gasteiger partial charge in [-0.15, -0.1) is 0 Å². The molecule has 17 heavy (non-hydrogen) atoms. The molecule has 0 saturated heterocycles. The van der Waals surface area contributed by atoms with Gasteiger partial charge in [0.2, 0.25) is 0 Å². The normalized spacial score (nSPS) is 21.7. The van der Waals surface area contributed by atoms with Crippen molar-refractivity contribution in [1.82, 2.24) is 5.32 Å². The van der Waals surface area contributed by atoms with Crippen molar-refractivity contribution in [2.75, 3.05) is 6.61 Å². The van der Waals surface area contributed by atoms with Crippen molar-refractivity contribution in [2.24, 2.45) is 0 Å². The first-order valence-corrected chi connectivity index (χ1v) is 6.30. The number of nitrogens with one attached hydrogen (secondary N) is 1. The summed E-state index contributed by atoms with van der Waals surface area (Å²) in [7, 11) is 0. The standard InChI is InChI=1S/C12H22F3NO/c1-11(9-17,7-4-8-12(13,14)15)16-10-5-2-3-6-10/h10,16-17H,2-9H2,1H3. The lowest BCUT2D eigenvalue weighted by atomic mass is 9.94. The van der Waals surface area contributed by atoms with Crippen molar-refractivity contribution in [3.8, 4) is 0 Å². The number of halogens is 3. The largest absolute Gasteiger partial charge is 0.394 e. The van der Waals surface area contributed by atoms with Crippen LogP contribution < -0.4 is 5.32 Å². The number of aliphatic hydroxyl groups excluding tert-OH is 1. The third-order valence-corrected chi connectivity index (χ3v) is 3.45. The lowest BCUT2D eigenvalue weighted by Gasteiger charge is -2.32. The average molecular weight is 253 g/mol. The second kappa shape index (κ2) is 6.05. The molecule has 1 atom stereocenters. The monoisotopic (exact) mass is 253 g/mol. The van der Waals surface area contributed by atoms with Crippen LogP contribution in [0, 0.1) is 0 Å². The summed E-state index contributed by atoms with van der Waals surface area (Å²) in [5.41, 5.74) is -0.569. The maximum Gasteiger partial charge on any atom is 0.389 e. The van der Waals surface area contributed by atoms with Gasteiger partial charge in [0.1, 0.15) is 0 Å². The van der Waals surface area contributed by atoms with Crippen molar-refractivity contribution < 1.29 is 18.3 Å². The average Bonchev–Trinajstić information content (AvgIpc) is 2.68. The van der Waals surface area contributed by atoms with E-state index >= 15 is 0 Å². The zero-order valence-electron chi connectivity index (χ0n) is 10.3. The van der Waals surface area contributed by atoms with E-state index in [0.29, 0.717) is 12.5 Å². The Balaban J connectivity index is 2.33. The van der Waals surface area contributed by atoms with Crippen LogP contribution in [0.5, 0.6) is 0 Å². The molecule has 1 rings (SSSR count). The van der Waals surface area contributed by atoms with E-state index in [9.17, 15) is 18.3 Å². The third-order valence-electron chi connectivity index (χ3n) is 3.45. The molecule has 0 aromatic rings. The zero-order valence-corrected chi connectivity index (χ0v) is 10.3. The summed E-state index contributed by atoms with van der Waals surface area (Å²) in [6.07, 6.45) is 0.0334. The molecule has 1 saturated carbocycles. The predicted octanol–water partition coefficient (Wildman–Crippen LogP) is 3.00. The van der Waals surface area contributed by atoms with E-state index < -0.39 is 18.1 Å². The van der Waals surface area contributed by atoms with Crippen molar-refractivity contribution in [3.05, 3.63) is 0 Å². The summed E-state index contributed by atoms with van der Waals surface area (Å²) >= 11 is 0. The van der Waals surface area contributed by atoms with Crippen molar-refractivity contribution in [2.45, 2.75) is 69.6 Å². The fraction of sp³-hybridized carbons (Fsp3) is 1.00. The first-order chi connectivity index (χ1) is 7.85. The maximum absolute atomic E-state index is 12.1. The quantitative estimate of drug-likeness (QED) is 0.762. The molecule has 0 aromatic carbocycles. The van der Waals surface area contributed by atoms with E-state index in [4.69, 9.17) is 0 Å². The van der Waals surface area contributed by atoms with Crippen LogP contribution in [-0.2, 0) is 0 Å². The van der Waals surface area contributed by atoms with Gasteiger partial charge in [0, 0.05) is 18.0 Å². The first-order valence-electron chi connectivity index (χ1n) is 6.30. The van der Waals surface area contributed by atoms with Gasteiger partial charge >= 0.3 is 6.18 Å². The molecule has 102 valence electrons. The molecule has 0 aliphatic heterocycles. The molecule has 0 amide bonds. The molecular formula is C12H22F3NO. The number of aliphatic hydroxyl groups is 1. The topological polar surface area (TPSA) is 32.3 Å². The smallest absolute Gasteiger partial charge is 0.389 e. The molecule has 1 aliphatic rings. The summed E-state index contributed by atoms with van der Waals surface area (Å²) < 4.78 is 36.2. The molecule has 0 bridgehead atoms. The van der Waals surface area contributed by atoms with Crippen molar-refractivity contribution in [1.29, 1.82) is 0 Å². The van der Waals surface area contributed by atoms with E-state index in [1.54, 1.807) is 0 Å². The highest BCUT2D eigenvalue weighted by molar-refractivity contribution is 4.88. The van der Waals surface area contributed by atoms with Crippen LogP contribution >= 0.6 is 0 Å². The number of alkyl halides is 3. The Morgan fingerprint density at radius 1 is 1.18 bits per heavy atom. The van der Waals surface area contributed by atoms with Crippen LogP contribution in [-0.4, -0.2) is 29.5 Å². The maximum atomic E-state index is 12.1. The van der Waals surface area contributed by atoms with Crippen molar-refractivity contribution in [3.63, 3.8) is 0 Å².